The maximum Gasteiger partial charge on any atom is 0.239 e. The van der Waals surface area contributed by atoms with E-state index >= 15 is 0 Å². The van der Waals surface area contributed by atoms with Gasteiger partial charge in [0.05, 0.1) is 18.8 Å². The van der Waals surface area contributed by atoms with E-state index in [0.717, 1.165) is 0 Å². The van der Waals surface area contributed by atoms with Gasteiger partial charge < -0.3 is 20.6 Å². The third kappa shape index (κ3) is 1.80. The first-order valence-electron chi connectivity index (χ1n) is 4.06. The van der Waals surface area contributed by atoms with Crippen LogP contribution in [0.2, 0.25) is 0 Å². The molecule has 0 aliphatic carbocycles. The molecule has 0 spiro atoms. The van der Waals surface area contributed by atoms with Crippen molar-refractivity contribution in [2.75, 3.05) is 13.7 Å². The minimum atomic E-state index is -1.17. The fourth-order valence-electron chi connectivity index (χ4n) is 1.41. The molecule has 0 radical (unpaired) electrons. The average molecular weight is 190 g/mol. The molecule has 1 saturated heterocycles. The number of aliphatic hydroxyl groups is 3. The van der Waals surface area contributed by atoms with Gasteiger partial charge in [-0.05, 0) is 0 Å². The van der Waals surface area contributed by atoms with Crippen molar-refractivity contribution < 1.29 is 20.1 Å². The van der Waals surface area contributed by atoms with Gasteiger partial charge in [-0.3, -0.25) is 10.1 Å². The lowest BCUT2D eigenvalue weighted by Crippen LogP contribution is -2.46. The monoisotopic (exact) mass is 190 g/mol. The SMILES string of the molecule is CNC(=O)[C@H]1N[C@@H](CO)[C@@H](O)[C@@H]1O. The molecule has 1 aliphatic heterocycles. The number of hydrogen-bond acceptors (Lipinski definition) is 5. The average Bonchev–Trinajstić information content (AvgIpc) is 2.43. The molecule has 1 heterocycles. The van der Waals surface area contributed by atoms with Crippen LogP contribution in [0.3, 0.4) is 0 Å². The predicted octanol–water partition coefficient (Wildman–Crippen LogP) is -3.21. The Balaban J connectivity index is 2.65. The molecule has 1 amide bonds. The number of rotatable bonds is 2. The van der Waals surface area contributed by atoms with Gasteiger partial charge >= 0.3 is 0 Å². The Morgan fingerprint density at radius 2 is 2.08 bits per heavy atom. The summed E-state index contributed by atoms with van der Waals surface area (Å²) >= 11 is 0. The van der Waals surface area contributed by atoms with Crippen molar-refractivity contribution in [3.8, 4) is 0 Å². The van der Waals surface area contributed by atoms with Gasteiger partial charge in [0.1, 0.15) is 12.1 Å². The summed E-state index contributed by atoms with van der Waals surface area (Å²) in [7, 11) is 1.44. The zero-order chi connectivity index (χ0) is 10.0. The third-order valence-electron chi connectivity index (χ3n) is 2.22. The highest BCUT2D eigenvalue weighted by Gasteiger charge is 2.43. The first-order chi connectivity index (χ1) is 6.11. The van der Waals surface area contributed by atoms with Crippen LogP contribution in [-0.2, 0) is 4.79 Å². The topological polar surface area (TPSA) is 102 Å². The summed E-state index contributed by atoms with van der Waals surface area (Å²) in [5.41, 5.74) is 0. The number of amides is 1. The Kier molecular flexibility index (Phi) is 3.21. The molecule has 0 aromatic carbocycles. The van der Waals surface area contributed by atoms with Crippen LogP contribution >= 0.6 is 0 Å². The second-order valence-electron chi connectivity index (χ2n) is 3.03. The number of carbonyl (C=O) groups excluding carboxylic acids is 1. The number of likely N-dealkylation sites (N-methyl/N-ethyl adjacent to an activating group) is 1. The van der Waals surface area contributed by atoms with Gasteiger partial charge in [-0.15, -0.1) is 0 Å². The molecular formula is C7H14N2O4. The van der Waals surface area contributed by atoms with E-state index in [0.29, 0.717) is 0 Å². The summed E-state index contributed by atoms with van der Waals surface area (Å²) in [6.07, 6.45) is -2.27. The Bertz CT molecular complexity index is 199. The van der Waals surface area contributed by atoms with Crippen LogP contribution in [0.15, 0.2) is 0 Å². The van der Waals surface area contributed by atoms with E-state index in [9.17, 15) is 15.0 Å². The standard InChI is InChI=1S/C7H14N2O4/c1-8-7(13)4-6(12)5(11)3(2-10)9-4/h3-6,9-12H,2H2,1H3,(H,8,13)/t3-,4-,5+,6+/m0/s1. The van der Waals surface area contributed by atoms with Crippen LogP contribution in [-0.4, -0.2) is 59.2 Å². The summed E-state index contributed by atoms with van der Waals surface area (Å²) in [6, 6.07) is -1.49. The van der Waals surface area contributed by atoms with Crippen LogP contribution in [0.25, 0.3) is 0 Å². The highest BCUT2D eigenvalue weighted by Crippen LogP contribution is 2.14. The van der Waals surface area contributed by atoms with Gasteiger partial charge in [0.2, 0.25) is 5.91 Å². The van der Waals surface area contributed by atoms with Crippen molar-refractivity contribution in [3.05, 3.63) is 0 Å². The number of nitrogens with one attached hydrogen (secondary N) is 2. The van der Waals surface area contributed by atoms with Gasteiger partial charge in [0, 0.05) is 7.05 Å². The highest BCUT2D eigenvalue weighted by molar-refractivity contribution is 5.82. The fourth-order valence-corrected chi connectivity index (χ4v) is 1.41. The number of aliphatic hydroxyl groups excluding tert-OH is 3. The van der Waals surface area contributed by atoms with Crippen LogP contribution in [0.4, 0.5) is 0 Å². The Hall–Kier alpha value is -0.690. The third-order valence-corrected chi connectivity index (χ3v) is 2.22. The Morgan fingerprint density at radius 1 is 1.46 bits per heavy atom. The van der Waals surface area contributed by atoms with Crippen molar-refractivity contribution in [2.45, 2.75) is 24.3 Å². The van der Waals surface area contributed by atoms with Crippen molar-refractivity contribution in [1.82, 2.24) is 10.6 Å². The van der Waals surface area contributed by atoms with Gasteiger partial charge in [0.25, 0.3) is 0 Å². The molecule has 76 valence electrons. The summed E-state index contributed by atoms with van der Waals surface area (Å²) < 4.78 is 0. The molecule has 1 aliphatic rings. The Labute approximate surface area is 75.6 Å². The molecule has 0 aromatic rings. The largest absolute Gasteiger partial charge is 0.395 e. The first kappa shape index (κ1) is 10.4. The summed E-state index contributed by atoms with van der Waals surface area (Å²) in [5, 5.41) is 32.4. The quantitative estimate of drug-likeness (QED) is 0.315. The van der Waals surface area contributed by atoms with Gasteiger partial charge in [-0.25, -0.2) is 0 Å². The van der Waals surface area contributed by atoms with E-state index < -0.39 is 30.2 Å². The summed E-state index contributed by atoms with van der Waals surface area (Å²) in [5.74, 6) is -0.400. The molecule has 1 fully saturated rings. The molecule has 1 rings (SSSR count). The molecule has 6 heteroatoms. The lowest BCUT2D eigenvalue weighted by Gasteiger charge is -2.13. The fraction of sp³-hybridized carbons (Fsp3) is 0.857. The van der Waals surface area contributed by atoms with Gasteiger partial charge in [-0.1, -0.05) is 0 Å². The Morgan fingerprint density at radius 3 is 2.46 bits per heavy atom. The molecule has 0 saturated carbocycles. The van der Waals surface area contributed by atoms with Crippen molar-refractivity contribution in [1.29, 1.82) is 0 Å². The molecule has 0 bridgehead atoms. The minimum Gasteiger partial charge on any atom is -0.395 e. The molecule has 13 heavy (non-hydrogen) atoms. The van der Waals surface area contributed by atoms with E-state index in [2.05, 4.69) is 10.6 Å². The predicted molar refractivity (Wildman–Crippen MR) is 43.9 cm³/mol. The van der Waals surface area contributed by atoms with Gasteiger partial charge in [-0.2, -0.15) is 0 Å². The van der Waals surface area contributed by atoms with E-state index in [1.54, 1.807) is 0 Å². The normalized spacial score (nSPS) is 39.1. The number of hydrogen-bond donors (Lipinski definition) is 5. The second kappa shape index (κ2) is 4.01. The van der Waals surface area contributed by atoms with E-state index in [1.807, 2.05) is 0 Å². The maximum atomic E-state index is 11.1. The van der Waals surface area contributed by atoms with E-state index in [-0.39, 0.29) is 6.61 Å². The maximum absolute atomic E-state index is 11.1. The lowest BCUT2D eigenvalue weighted by atomic mass is 10.1. The highest BCUT2D eigenvalue weighted by atomic mass is 16.3. The van der Waals surface area contributed by atoms with Crippen molar-refractivity contribution in [3.63, 3.8) is 0 Å². The van der Waals surface area contributed by atoms with Crippen molar-refractivity contribution >= 4 is 5.91 Å². The van der Waals surface area contributed by atoms with Crippen LogP contribution in [0.1, 0.15) is 0 Å². The van der Waals surface area contributed by atoms with Crippen LogP contribution in [0.5, 0.6) is 0 Å². The number of carbonyl (C=O) groups is 1. The summed E-state index contributed by atoms with van der Waals surface area (Å²) in [4.78, 5) is 11.1. The molecule has 0 aromatic heterocycles. The summed E-state index contributed by atoms with van der Waals surface area (Å²) in [6.45, 7) is -0.314. The molecule has 5 N–H and O–H groups in total. The second-order valence-corrected chi connectivity index (χ2v) is 3.03. The minimum absolute atomic E-state index is 0.314. The van der Waals surface area contributed by atoms with E-state index in [1.165, 1.54) is 7.05 Å². The van der Waals surface area contributed by atoms with E-state index in [4.69, 9.17) is 5.11 Å². The molecular weight excluding hydrogens is 176 g/mol. The zero-order valence-corrected chi connectivity index (χ0v) is 7.27. The smallest absolute Gasteiger partial charge is 0.239 e. The van der Waals surface area contributed by atoms with Crippen LogP contribution in [0, 0.1) is 0 Å². The molecule has 0 unspecified atom stereocenters. The first-order valence-corrected chi connectivity index (χ1v) is 4.06. The molecule has 6 nitrogen and oxygen atoms in total. The zero-order valence-electron chi connectivity index (χ0n) is 7.27. The van der Waals surface area contributed by atoms with Crippen molar-refractivity contribution in [2.24, 2.45) is 0 Å². The lowest BCUT2D eigenvalue weighted by molar-refractivity contribution is -0.125. The van der Waals surface area contributed by atoms with Gasteiger partial charge in [0.15, 0.2) is 0 Å². The molecule has 4 atom stereocenters. The van der Waals surface area contributed by atoms with Crippen LogP contribution < -0.4 is 10.6 Å².